The number of piperazine rings is 1. The summed E-state index contributed by atoms with van der Waals surface area (Å²) in [4.78, 5) is 14.7. The van der Waals surface area contributed by atoms with Gasteiger partial charge in [0.05, 0.1) is 16.1 Å². The molecule has 1 atom stereocenters. The number of sulfonamides is 1. The molecule has 0 unspecified atom stereocenters. The van der Waals surface area contributed by atoms with Gasteiger partial charge >= 0.3 is 0 Å². The van der Waals surface area contributed by atoms with E-state index in [1.807, 2.05) is 11.8 Å². The molecule has 6 nitrogen and oxygen atoms in total. The molecule has 1 aliphatic carbocycles. The largest absolute Gasteiger partial charge is 0.352 e. The summed E-state index contributed by atoms with van der Waals surface area (Å²) in [5.74, 6) is 0.0300. The van der Waals surface area contributed by atoms with Crippen molar-refractivity contribution in [1.29, 1.82) is 0 Å². The van der Waals surface area contributed by atoms with Crippen LogP contribution in [0.4, 0.5) is 0 Å². The van der Waals surface area contributed by atoms with E-state index in [1.165, 1.54) is 42.1 Å². The van der Waals surface area contributed by atoms with Gasteiger partial charge in [-0.3, -0.25) is 9.69 Å². The third-order valence-electron chi connectivity index (χ3n) is 5.92. The molecule has 1 N–H and O–H groups in total. The fourth-order valence-corrected chi connectivity index (χ4v) is 6.61. The van der Waals surface area contributed by atoms with Gasteiger partial charge in [0.1, 0.15) is 4.90 Å². The number of nitrogens with zero attached hydrogens (tertiary/aromatic N) is 2. The Balaban J connectivity index is 1.58. The highest BCUT2D eigenvalue weighted by Crippen LogP contribution is 2.32. The minimum absolute atomic E-state index is 0.0300. The first-order valence-electron chi connectivity index (χ1n) is 10.3. The summed E-state index contributed by atoms with van der Waals surface area (Å²) < 4.78 is 27.4. The van der Waals surface area contributed by atoms with E-state index < -0.39 is 10.0 Å². The molecule has 1 heterocycles. The number of carbonyl (C=O) groups excluding carboxylic acids is 1. The molecule has 1 aromatic rings. The van der Waals surface area contributed by atoms with Crippen molar-refractivity contribution in [3.63, 3.8) is 0 Å². The zero-order chi connectivity index (χ0) is 21.0. The fraction of sp³-hybridized carbons (Fsp3) is 0.650. The normalized spacial score (nSPS) is 21.5. The summed E-state index contributed by atoms with van der Waals surface area (Å²) in [5.41, 5.74) is 0. The number of carbonyl (C=O) groups is 1. The molecule has 3 rings (SSSR count). The number of nitrogens with one attached hydrogen (secondary N) is 1. The molecule has 1 amide bonds. The molecule has 0 aromatic heterocycles. The Labute approximate surface area is 183 Å². The van der Waals surface area contributed by atoms with Crippen molar-refractivity contribution < 1.29 is 13.2 Å². The third kappa shape index (κ3) is 5.44. The van der Waals surface area contributed by atoms with Crippen molar-refractivity contribution in [3.05, 3.63) is 28.2 Å². The van der Waals surface area contributed by atoms with Crippen LogP contribution in [0.15, 0.2) is 23.1 Å². The summed E-state index contributed by atoms with van der Waals surface area (Å²) in [5, 5.41) is 3.43. The van der Waals surface area contributed by atoms with Crippen molar-refractivity contribution in [2.45, 2.75) is 62.4 Å². The maximum absolute atomic E-state index is 13.0. The quantitative estimate of drug-likeness (QED) is 0.680. The Bertz CT molecular complexity index is 798. The second kappa shape index (κ2) is 9.96. The Kier molecular flexibility index (Phi) is 7.84. The first-order valence-corrected chi connectivity index (χ1v) is 12.5. The number of benzene rings is 1. The van der Waals surface area contributed by atoms with Gasteiger partial charge < -0.3 is 5.32 Å². The van der Waals surface area contributed by atoms with Crippen LogP contribution in [0.3, 0.4) is 0 Å². The summed E-state index contributed by atoms with van der Waals surface area (Å²) >= 11 is 12.2. The average Bonchev–Trinajstić information content (AvgIpc) is 2.96. The molecule has 2 aliphatic rings. The Hall–Kier alpha value is -0.860. The third-order valence-corrected chi connectivity index (χ3v) is 8.77. The molecule has 9 heteroatoms. The Morgan fingerprint density at radius 2 is 1.59 bits per heavy atom. The molecular formula is C20H29Cl2N3O3S. The molecule has 29 heavy (non-hydrogen) atoms. The number of halogens is 2. The van der Waals surface area contributed by atoms with Gasteiger partial charge in [-0.15, -0.1) is 0 Å². The van der Waals surface area contributed by atoms with Gasteiger partial charge in [0.2, 0.25) is 15.9 Å². The number of amides is 1. The first kappa shape index (κ1) is 22.8. The Morgan fingerprint density at radius 1 is 1.03 bits per heavy atom. The maximum atomic E-state index is 13.0. The van der Waals surface area contributed by atoms with Gasteiger partial charge in [-0.2, -0.15) is 4.31 Å². The molecule has 162 valence electrons. The van der Waals surface area contributed by atoms with Gasteiger partial charge in [-0.1, -0.05) is 55.0 Å². The van der Waals surface area contributed by atoms with Crippen LogP contribution in [0.1, 0.15) is 45.4 Å². The van der Waals surface area contributed by atoms with Gasteiger partial charge in [0, 0.05) is 32.2 Å². The lowest BCUT2D eigenvalue weighted by atomic mass is 10.1. The molecule has 1 saturated heterocycles. The van der Waals surface area contributed by atoms with Crippen LogP contribution < -0.4 is 5.32 Å². The molecule has 0 bridgehead atoms. The van der Waals surface area contributed by atoms with Crippen LogP contribution in [-0.4, -0.2) is 61.8 Å². The number of hydrogen-bond acceptors (Lipinski definition) is 4. The Morgan fingerprint density at radius 3 is 2.14 bits per heavy atom. The maximum Gasteiger partial charge on any atom is 0.246 e. The molecule has 0 spiro atoms. The van der Waals surface area contributed by atoms with E-state index in [2.05, 4.69) is 5.32 Å². The van der Waals surface area contributed by atoms with Crippen molar-refractivity contribution in [3.8, 4) is 0 Å². The van der Waals surface area contributed by atoms with Gasteiger partial charge in [-0.05, 0) is 31.9 Å². The highest BCUT2D eigenvalue weighted by atomic mass is 35.5. The zero-order valence-electron chi connectivity index (χ0n) is 16.7. The highest BCUT2D eigenvalue weighted by molar-refractivity contribution is 7.89. The van der Waals surface area contributed by atoms with E-state index in [4.69, 9.17) is 23.2 Å². The monoisotopic (exact) mass is 461 g/mol. The van der Waals surface area contributed by atoms with Crippen LogP contribution in [0, 0.1) is 0 Å². The van der Waals surface area contributed by atoms with E-state index in [-0.39, 0.29) is 32.9 Å². The van der Waals surface area contributed by atoms with E-state index in [1.54, 1.807) is 6.07 Å². The fourth-order valence-electron chi connectivity index (χ4n) is 4.10. The van der Waals surface area contributed by atoms with Gasteiger partial charge in [0.15, 0.2) is 0 Å². The van der Waals surface area contributed by atoms with Gasteiger partial charge in [0.25, 0.3) is 0 Å². The van der Waals surface area contributed by atoms with Crippen molar-refractivity contribution in [1.82, 2.24) is 14.5 Å². The minimum Gasteiger partial charge on any atom is -0.352 e. The van der Waals surface area contributed by atoms with E-state index >= 15 is 0 Å². The number of hydrogen-bond donors (Lipinski definition) is 1. The lowest BCUT2D eigenvalue weighted by Gasteiger charge is -2.37. The van der Waals surface area contributed by atoms with Crippen molar-refractivity contribution >= 4 is 39.1 Å². The topological polar surface area (TPSA) is 69.7 Å². The molecular weight excluding hydrogens is 433 g/mol. The molecule has 0 radical (unpaired) electrons. The number of rotatable bonds is 5. The predicted molar refractivity (Wildman–Crippen MR) is 116 cm³/mol. The summed E-state index contributed by atoms with van der Waals surface area (Å²) in [7, 11) is -3.78. The smallest absolute Gasteiger partial charge is 0.246 e. The van der Waals surface area contributed by atoms with Crippen LogP contribution in [-0.2, 0) is 14.8 Å². The summed E-state index contributed by atoms with van der Waals surface area (Å²) in [6, 6.07) is 4.65. The average molecular weight is 462 g/mol. The lowest BCUT2D eigenvalue weighted by Crippen LogP contribution is -2.55. The molecule has 2 fully saturated rings. The second-order valence-corrected chi connectivity index (χ2v) is 10.6. The standard InChI is InChI=1S/C20H29Cl2N3O3S/c1-15(20(26)23-16-7-4-2-3-5-8-16)24-11-13-25(14-12-24)29(27,28)19-17(21)9-6-10-18(19)22/h6,9-10,15-16H,2-5,7-8,11-14H2,1H3,(H,23,26)/t15-/m0/s1. The molecule has 1 aromatic carbocycles. The predicted octanol–water partition coefficient (Wildman–Crippen LogP) is 3.53. The van der Waals surface area contributed by atoms with Gasteiger partial charge in [-0.25, -0.2) is 8.42 Å². The molecule has 1 saturated carbocycles. The van der Waals surface area contributed by atoms with E-state index in [0.717, 1.165) is 12.8 Å². The summed E-state index contributed by atoms with van der Waals surface area (Å²) in [6.07, 6.45) is 6.91. The lowest BCUT2D eigenvalue weighted by molar-refractivity contribution is -0.127. The van der Waals surface area contributed by atoms with Crippen molar-refractivity contribution in [2.75, 3.05) is 26.2 Å². The van der Waals surface area contributed by atoms with Crippen LogP contribution in [0.25, 0.3) is 0 Å². The van der Waals surface area contributed by atoms with Crippen LogP contribution >= 0.6 is 23.2 Å². The molecule has 1 aliphatic heterocycles. The van der Waals surface area contributed by atoms with Crippen LogP contribution in [0.2, 0.25) is 10.0 Å². The minimum atomic E-state index is -3.78. The van der Waals surface area contributed by atoms with E-state index in [0.29, 0.717) is 26.2 Å². The first-order chi connectivity index (χ1) is 13.8. The van der Waals surface area contributed by atoms with Crippen molar-refractivity contribution in [2.24, 2.45) is 0 Å². The second-order valence-electron chi connectivity index (χ2n) is 7.86. The zero-order valence-corrected chi connectivity index (χ0v) is 19.1. The SMILES string of the molecule is C[C@@H](C(=O)NC1CCCCCC1)N1CCN(S(=O)(=O)c2c(Cl)cccc2Cl)CC1. The summed E-state index contributed by atoms with van der Waals surface area (Å²) in [6.45, 7) is 3.46. The van der Waals surface area contributed by atoms with Crippen LogP contribution in [0.5, 0.6) is 0 Å². The van der Waals surface area contributed by atoms with E-state index in [9.17, 15) is 13.2 Å². The highest BCUT2D eigenvalue weighted by Gasteiger charge is 2.34.